The van der Waals surface area contributed by atoms with E-state index < -0.39 is 0 Å². The molecule has 3 aromatic rings. The van der Waals surface area contributed by atoms with Crippen molar-refractivity contribution in [3.8, 4) is 0 Å². The number of aliphatic hydroxyl groups is 1. The maximum absolute atomic E-state index is 12.5. The van der Waals surface area contributed by atoms with E-state index in [1.54, 1.807) is 4.90 Å². The molecule has 0 spiro atoms. The molecule has 2 amide bonds. The molecular weight excluding hydrogens is 316 g/mol. The summed E-state index contributed by atoms with van der Waals surface area (Å²) in [5.41, 5.74) is 2.87. The second-order valence-electron chi connectivity index (χ2n) is 5.94. The number of aliphatic hydroxyl groups excluding tert-OH is 1. The highest BCUT2D eigenvalue weighted by Crippen LogP contribution is 2.24. The Kier molecular flexibility index (Phi) is 5.36. The quantitative estimate of drug-likeness (QED) is 0.723. The number of carbonyl (C=O) groups is 1. The zero-order valence-electron chi connectivity index (χ0n) is 14.2. The van der Waals surface area contributed by atoms with Crippen molar-refractivity contribution in [3.63, 3.8) is 0 Å². The van der Waals surface area contributed by atoms with Gasteiger partial charge in [-0.1, -0.05) is 48.5 Å². The molecule has 2 aromatic carbocycles. The zero-order valence-corrected chi connectivity index (χ0v) is 14.2. The predicted molar refractivity (Wildman–Crippen MR) is 97.1 cm³/mol. The fourth-order valence-corrected chi connectivity index (χ4v) is 2.84. The minimum absolute atomic E-state index is 0.0794. The van der Waals surface area contributed by atoms with E-state index in [0.29, 0.717) is 13.1 Å². The molecule has 3 rings (SSSR count). The normalized spacial score (nSPS) is 10.8. The van der Waals surface area contributed by atoms with E-state index in [9.17, 15) is 9.90 Å². The Morgan fingerprint density at radius 1 is 1.12 bits per heavy atom. The standard InChI is InChI=1S/C20H22N2O3/c1-15-17-9-5-6-10-18(17)25-19(15)13-21-20(24)22(11-12-23)14-16-7-3-2-4-8-16/h2-10,23H,11-14H2,1H3,(H,21,24). The largest absolute Gasteiger partial charge is 0.459 e. The molecule has 5 nitrogen and oxygen atoms in total. The van der Waals surface area contributed by atoms with Gasteiger partial charge >= 0.3 is 6.03 Å². The summed E-state index contributed by atoms with van der Waals surface area (Å²) in [6.07, 6.45) is 0. The molecule has 0 unspecified atom stereocenters. The van der Waals surface area contributed by atoms with Gasteiger partial charge in [-0.2, -0.15) is 0 Å². The number of rotatable bonds is 6. The number of nitrogens with one attached hydrogen (secondary N) is 1. The van der Waals surface area contributed by atoms with Crippen LogP contribution in [0.2, 0.25) is 0 Å². The highest BCUT2D eigenvalue weighted by molar-refractivity contribution is 5.82. The fourth-order valence-electron chi connectivity index (χ4n) is 2.84. The van der Waals surface area contributed by atoms with Crippen molar-refractivity contribution in [3.05, 3.63) is 71.5 Å². The average Bonchev–Trinajstić information content (AvgIpc) is 2.96. The highest BCUT2D eigenvalue weighted by Gasteiger charge is 2.15. The van der Waals surface area contributed by atoms with Crippen molar-refractivity contribution in [1.29, 1.82) is 0 Å². The Labute approximate surface area is 146 Å². The molecule has 25 heavy (non-hydrogen) atoms. The van der Waals surface area contributed by atoms with Crippen molar-refractivity contribution in [1.82, 2.24) is 10.2 Å². The number of aryl methyl sites for hydroxylation is 1. The maximum atomic E-state index is 12.5. The van der Waals surface area contributed by atoms with Gasteiger partial charge in [-0.05, 0) is 18.6 Å². The molecule has 1 aromatic heterocycles. The van der Waals surface area contributed by atoms with Crippen LogP contribution in [0.3, 0.4) is 0 Å². The van der Waals surface area contributed by atoms with Crippen LogP contribution in [-0.4, -0.2) is 29.2 Å². The van der Waals surface area contributed by atoms with Crippen LogP contribution in [0.1, 0.15) is 16.9 Å². The lowest BCUT2D eigenvalue weighted by Crippen LogP contribution is -2.40. The lowest BCUT2D eigenvalue weighted by Gasteiger charge is -2.22. The molecule has 0 radical (unpaired) electrons. The minimum atomic E-state index is -0.224. The molecule has 2 N–H and O–H groups in total. The van der Waals surface area contributed by atoms with Gasteiger partial charge < -0.3 is 19.7 Å². The number of benzene rings is 2. The summed E-state index contributed by atoms with van der Waals surface area (Å²) in [5, 5.41) is 13.2. The summed E-state index contributed by atoms with van der Waals surface area (Å²) in [6.45, 7) is 2.95. The summed E-state index contributed by atoms with van der Waals surface area (Å²) >= 11 is 0. The SMILES string of the molecule is Cc1c(CNC(=O)N(CCO)Cc2ccccc2)oc2ccccc12. The molecular formula is C20H22N2O3. The van der Waals surface area contributed by atoms with Gasteiger partial charge in [0.1, 0.15) is 11.3 Å². The topological polar surface area (TPSA) is 65.7 Å². The van der Waals surface area contributed by atoms with Crippen LogP contribution in [0.5, 0.6) is 0 Å². The van der Waals surface area contributed by atoms with Crippen molar-refractivity contribution in [2.24, 2.45) is 0 Å². The number of amides is 2. The molecule has 1 heterocycles. The summed E-state index contributed by atoms with van der Waals surface area (Å²) < 4.78 is 5.82. The summed E-state index contributed by atoms with van der Waals surface area (Å²) in [7, 11) is 0. The summed E-state index contributed by atoms with van der Waals surface area (Å²) in [5.74, 6) is 0.748. The second-order valence-corrected chi connectivity index (χ2v) is 5.94. The summed E-state index contributed by atoms with van der Waals surface area (Å²) in [6, 6.07) is 17.3. The molecule has 0 atom stereocenters. The van der Waals surface area contributed by atoms with Crippen LogP contribution >= 0.6 is 0 Å². The van der Waals surface area contributed by atoms with E-state index in [-0.39, 0.29) is 19.2 Å². The molecule has 130 valence electrons. The predicted octanol–water partition coefficient (Wildman–Crippen LogP) is 3.45. The van der Waals surface area contributed by atoms with Crippen molar-refractivity contribution >= 4 is 17.0 Å². The third-order valence-corrected chi connectivity index (χ3v) is 4.22. The molecule has 0 aliphatic rings. The van der Waals surface area contributed by atoms with E-state index in [4.69, 9.17) is 4.42 Å². The molecule has 0 fully saturated rings. The molecule has 0 aliphatic carbocycles. The Balaban J connectivity index is 1.67. The first-order valence-corrected chi connectivity index (χ1v) is 8.33. The molecule has 0 bridgehead atoms. The van der Waals surface area contributed by atoms with Crippen LogP contribution in [0.25, 0.3) is 11.0 Å². The lowest BCUT2D eigenvalue weighted by molar-refractivity contribution is 0.173. The van der Waals surface area contributed by atoms with Crippen molar-refractivity contribution in [2.75, 3.05) is 13.2 Å². The third-order valence-electron chi connectivity index (χ3n) is 4.22. The van der Waals surface area contributed by atoms with Gasteiger partial charge in [0, 0.05) is 24.0 Å². The van der Waals surface area contributed by atoms with Gasteiger partial charge in [0.05, 0.1) is 13.2 Å². The highest BCUT2D eigenvalue weighted by atomic mass is 16.3. The Morgan fingerprint density at radius 3 is 2.56 bits per heavy atom. The van der Waals surface area contributed by atoms with Crippen LogP contribution in [0.4, 0.5) is 4.79 Å². The van der Waals surface area contributed by atoms with E-state index in [1.807, 2.05) is 61.5 Å². The molecule has 5 heteroatoms. The zero-order chi connectivity index (χ0) is 17.6. The number of para-hydroxylation sites is 1. The Bertz CT molecular complexity index is 843. The van der Waals surface area contributed by atoms with Gasteiger partial charge in [-0.3, -0.25) is 0 Å². The average molecular weight is 338 g/mol. The Hall–Kier alpha value is -2.79. The van der Waals surface area contributed by atoms with E-state index in [2.05, 4.69) is 5.32 Å². The van der Waals surface area contributed by atoms with E-state index in [1.165, 1.54) is 0 Å². The summed E-state index contributed by atoms with van der Waals surface area (Å²) in [4.78, 5) is 14.1. The lowest BCUT2D eigenvalue weighted by atomic mass is 10.1. The number of carbonyl (C=O) groups excluding carboxylic acids is 1. The fraction of sp³-hybridized carbons (Fsp3) is 0.250. The van der Waals surface area contributed by atoms with E-state index >= 15 is 0 Å². The number of nitrogens with zero attached hydrogens (tertiary/aromatic N) is 1. The van der Waals surface area contributed by atoms with Crippen molar-refractivity contribution < 1.29 is 14.3 Å². The van der Waals surface area contributed by atoms with Crippen molar-refractivity contribution in [2.45, 2.75) is 20.0 Å². The number of furan rings is 1. The van der Waals surface area contributed by atoms with Crippen LogP contribution in [0.15, 0.2) is 59.0 Å². The first-order chi connectivity index (χ1) is 12.2. The van der Waals surface area contributed by atoms with Crippen LogP contribution in [-0.2, 0) is 13.1 Å². The molecule has 0 saturated heterocycles. The number of hydrogen-bond donors (Lipinski definition) is 2. The number of urea groups is 1. The third kappa shape index (κ3) is 4.00. The number of hydrogen-bond acceptors (Lipinski definition) is 3. The second kappa shape index (κ2) is 7.85. The van der Waals surface area contributed by atoms with E-state index in [0.717, 1.165) is 27.9 Å². The first kappa shape index (κ1) is 17.0. The Morgan fingerprint density at radius 2 is 1.84 bits per heavy atom. The smallest absolute Gasteiger partial charge is 0.318 e. The van der Waals surface area contributed by atoms with Gasteiger partial charge in [0.2, 0.25) is 0 Å². The van der Waals surface area contributed by atoms with Crippen LogP contribution in [0, 0.1) is 6.92 Å². The molecule has 0 saturated carbocycles. The van der Waals surface area contributed by atoms with Gasteiger partial charge in [0.25, 0.3) is 0 Å². The van der Waals surface area contributed by atoms with Gasteiger partial charge in [-0.15, -0.1) is 0 Å². The first-order valence-electron chi connectivity index (χ1n) is 8.33. The minimum Gasteiger partial charge on any atom is -0.459 e. The van der Waals surface area contributed by atoms with Crippen LogP contribution < -0.4 is 5.32 Å². The molecule has 0 aliphatic heterocycles. The van der Waals surface area contributed by atoms with Gasteiger partial charge in [-0.25, -0.2) is 4.79 Å². The number of fused-ring (bicyclic) bond motifs is 1. The van der Waals surface area contributed by atoms with Gasteiger partial charge in [0.15, 0.2) is 0 Å². The monoisotopic (exact) mass is 338 g/mol. The maximum Gasteiger partial charge on any atom is 0.318 e.